The van der Waals surface area contributed by atoms with Gasteiger partial charge in [-0.3, -0.25) is 9.59 Å². The lowest BCUT2D eigenvalue weighted by Gasteiger charge is -2.48. The van der Waals surface area contributed by atoms with E-state index in [4.69, 9.17) is 4.74 Å². The molecule has 0 aliphatic carbocycles. The summed E-state index contributed by atoms with van der Waals surface area (Å²) in [6.07, 6.45) is 1.78. The third kappa shape index (κ3) is 1.81. The summed E-state index contributed by atoms with van der Waals surface area (Å²) in [5.74, 6) is -0.101. The van der Waals surface area contributed by atoms with E-state index in [9.17, 15) is 9.59 Å². The number of amides is 1. The van der Waals surface area contributed by atoms with Gasteiger partial charge in [-0.05, 0) is 37.3 Å². The molecule has 1 aromatic heterocycles. The summed E-state index contributed by atoms with van der Waals surface area (Å²) < 4.78 is 5.33. The van der Waals surface area contributed by atoms with Gasteiger partial charge >= 0.3 is 5.97 Å². The predicted octanol–water partition coefficient (Wildman–Crippen LogP) is 2.57. The summed E-state index contributed by atoms with van der Waals surface area (Å²) in [6, 6.07) is 8.39. The van der Waals surface area contributed by atoms with E-state index in [-0.39, 0.29) is 35.9 Å². The molecule has 2 aromatic rings. The Hall–Kier alpha value is -2.30. The number of H-pyrrole nitrogens is 1. The van der Waals surface area contributed by atoms with Crippen molar-refractivity contribution in [2.75, 3.05) is 6.54 Å². The third-order valence-electron chi connectivity index (χ3n) is 6.01. The highest BCUT2D eigenvalue weighted by Gasteiger charge is 2.50. The fourth-order valence-corrected chi connectivity index (χ4v) is 4.99. The van der Waals surface area contributed by atoms with Gasteiger partial charge in [-0.25, -0.2) is 0 Å². The van der Waals surface area contributed by atoms with Gasteiger partial charge in [0.15, 0.2) is 0 Å². The van der Waals surface area contributed by atoms with Crippen molar-refractivity contribution in [3.63, 3.8) is 0 Å². The molecule has 0 spiro atoms. The molecule has 1 N–H and O–H groups in total. The number of hydrogen-bond acceptors (Lipinski definition) is 3. The zero-order valence-corrected chi connectivity index (χ0v) is 13.6. The number of rotatable bonds is 0. The van der Waals surface area contributed by atoms with Crippen LogP contribution >= 0.6 is 0 Å². The largest absolute Gasteiger partial charge is 0.462 e. The van der Waals surface area contributed by atoms with Crippen LogP contribution in [0.3, 0.4) is 0 Å². The number of carbonyl (C=O) groups excluding carboxylic acids is 2. The van der Waals surface area contributed by atoms with E-state index in [1.54, 1.807) is 0 Å². The number of aromatic nitrogens is 1. The van der Waals surface area contributed by atoms with Crippen molar-refractivity contribution in [2.45, 2.75) is 38.3 Å². The lowest BCUT2D eigenvalue weighted by molar-refractivity contribution is -0.175. The molecule has 5 rings (SSSR count). The third-order valence-corrected chi connectivity index (χ3v) is 6.01. The molecule has 24 heavy (non-hydrogen) atoms. The van der Waals surface area contributed by atoms with Gasteiger partial charge in [0, 0.05) is 29.6 Å². The normalized spacial score (nSPS) is 32.1. The first kappa shape index (κ1) is 14.1. The van der Waals surface area contributed by atoms with Crippen molar-refractivity contribution >= 4 is 22.8 Å². The number of para-hydroxylation sites is 1. The minimum atomic E-state index is -0.311. The van der Waals surface area contributed by atoms with E-state index in [2.05, 4.69) is 23.2 Å². The molecule has 1 aromatic carbocycles. The van der Waals surface area contributed by atoms with Crippen LogP contribution in [0.2, 0.25) is 0 Å². The number of nitrogens with zero attached hydrogens (tertiary/aromatic N) is 1. The van der Waals surface area contributed by atoms with E-state index in [0.29, 0.717) is 6.42 Å². The first-order valence-corrected chi connectivity index (χ1v) is 8.73. The fraction of sp³-hybridized carbons (Fsp3) is 0.474. The first-order chi connectivity index (χ1) is 11.6. The van der Waals surface area contributed by atoms with Gasteiger partial charge in [0.25, 0.3) is 0 Å². The summed E-state index contributed by atoms with van der Waals surface area (Å²) in [5, 5.41) is 1.26. The van der Waals surface area contributed by atoms with Crippen molar-refractivity contribution in [1.82, 2.24) is 9.88 Å². The standard InChI is InChI=1S/C19H20N2O3/c1-10-17-11(9-16(22)24-10)8-15-18-13(6-7-21(15)19(17)23)12-4-2-3-5-14(12)20-18/h2-5,10-11,15,17,20H,6-9H2,1H3/t10-,11+,15-,17-/m0/s1. The number of fused-ring (bicyclic) bond motifs is 6. The van der Waals surface area contributed by atoms with Gasteiger partial charge < -0.3 is 14.6 Å². The maximum atomic E-state index is 13.1. The lowest BCUT2D eigenvalue weighted by Crippen LogP contribution is -2.55. The first-order valence-electron chi connectivity index (χ1n) is 8.73. The zero-order valence-electron chi connectivity index (χ0n) is 13.6. The molecular weight excluding hydrogens is 304 g/mol. The highest BCUT2D eigenvalue weighted by Crippen LogP contribution is 2.46. The molecule has 2 saturated heterocycles. The molecule has 124 valence electrons. The molecule has 5 heteroatoms. The maximum absolute atomic E-state index is 13.1. The van der Waals surface area contributed by atoms with Crippen LogP contribution in [0.5, 0.6) is 0 Å². The van der Waals surface area contributed by atoms with Crippen LogP contribution < -0.4 is 0 Å². The number of aromatic amines is 1. The Bertz CT molecular complexity index is 855. The highest BCUT2D eigenvalue weighted by atomic mass is 16.5. The average Bonchev–Trinajstić information content (AvgIpc) is 2.93. The highest BCUT2D eigenvalue weighted by molar-refractivity contribution is 5.88. The second-order valence-corrected chi connectivity index (χ2v) is 7.28. The molecular formula is C19H20N2O3. The lowest BCUT2D eigenvalue weighted by atomic mass is 9.73. The van der Waals surface area contributed by atoms with Crippen LogP contribution in [-0.2, 0) is 20.7 Å². The van der Waals surface area contributed by atoms with Gasteiger partial charge in [-0.15, -0.1) is 0 Å². The van der Waals surface area contributed by atoms with Crippen molar-refractivity contribution in [2.24, 2.45) is 11.8 Å². The van der Waals surface area contributed by atoms with Crippen molar-refractivity contribution in [3.8, 4) is 0 Å². The molecule has 1 amide bonds. The van der Waals surface area contributed by atoms with E-state index in [1.165, 1.54) is 16.6 Å². The predicted molar refractivity (Wildman–Crippen MR) is 88.2 cm³/mol. The molecule has 0 unspecified atom stereocenters. The Morgan fingerprint density at radius 1 is 1.25 bits per heavy atom. The quantitative estimate of drug-likeness (QED) is 0.758. The van der Waals surface area contributed by atoms with Gasteiger partial charge in [0.05, 0.1) is 12.0 Å². The Morgan fingerprint density at radius 3 is 2.96 bits per heavy atom. The summed E-state index contributed by atoms with van der Waals surface area (Å²) in [6.45, 7) is 2.60. The summed E-state index contributed by atoms with van der Waals surface area (Å²) in [5.41, 5.74) is 3.64. The molecule has 4 heterocycles. The van der Waals surface area contributed by atoms with E-state index in [0.717, 1.165) is 24.9 Å². The number of carbonyl (C=O) groups is 2. The van der Waals surface area contributed by atoms with Crippen LogP contribution in [0.25, 0.3) is 10.9 Å². The van der Waals surface area contributed by atoms with Crippen LogP contribution in [0.15, 0.2) is 24.3 Å². The Kier molecular flexibility index (Phi) is 2.84. The van der Waals surface area contributed by atoms with E-state index in [1.807, 2.05) is 17.9 Å². The molecule has 2 fully saturated rings. The van der Waals surface area contributed by atoms with Gasteiger partial charge in [-0.1, -0.05) is 18.2 Å². The summed E-state index contributed by atoms with van der Waals surface area (Å²) in [7, 11) is 0. The average molecular weight is 324 g/mol. The maximum Gasteiger partial charge on any atom is 0.306 e. The second-order valence-electron chi connectivity index (χ2n) is 7.28. The topological polar surface area (TPSA) is 62.4 Å². The molecule has 0 saturated carbocycles. The summed E-state index contributed by atoms with van der Waals surface area (Å²) in [4.78, 5) is 30.4. The van der Waals surface area contributed by atoms with Gasteiger partial charge in [0.2, 0.25) is 5.91 Å². The smallest absolute Gasteiger partial charge is 0.306 e. The van der Waals surface area contributed by atoms with Gasteiger partial charge in [-0.2, -0.15) is 0 Å². The molecule has 0 bridgehead atoms. The number of ether oxygens (including phenoxy) is 1. The molecule has 5 nitrogen and oxygen atoms in total. The number of piperidine rings is 1. The minimum absolute atomic E-state index is 0.0630. The molecule has 3 aliphatic heterocycles. The molecule has 3 aliphatic rings. The fourth-order valence-electron chi connectivity index (χ4n) is 4.99. The number of hydrogen-bond donors (Lipinski definition) is 1. The van der Waals surface area contributed by atoms with E-state index >= 15 is 0 Å². The number of nitrogens with one attached hydrogen (secondary N) is 1. The molecule has 4 atom stereocenters. The van der Waals surface area contributed by atoms with Crippen molar-refractivity contribution in [1.29, 1.82) is 0 Å². The van der Waals surface area contributed by atoms with E-state index < -0.39 is 0 Å². The van der Waals surface area contributed by atoms with Crippen LogP contribution in [0.4, 0.5) is 0 Å². The monoisotopic (exact) mass is 324 g/mol. The second kappa shape index (κ2) is 4.85. The van der Waals surface area contributed by atoms with Gasteiger partial charge in [0.1, 0.15) is 6.10 Å². The Balaban J connectivity index is 1.59. The van der Waals surface area contributed by atoms with Crippen molar-refractivity contribution < 1.29 is 14.3 Å². The Morgan fingerprint density at radius 2 is 2.08 bits per heavy atom. The zero-order chi connectivity index (χ0) is 16.4. The number of esters is 1. The summed E-state index contributed by atoms with van der Waals surface area (Å²) >= 11 is 0. The number of cyclic esters (lactones) is 1. The van der Waals surface area contributed by atoms with Crippen molar-refractivity contribution in [3.05, 3.63) is 35.5 Å². The number of benzene rings is 1. The Labute approximate surface area is 140 Å². The van der Waals surface area contributed by atoms with Crippen LogP contribution in [0, 0.1) is 11.8 Å². The van der Waals surface area contributed by atoms with Crippen LogP contribution in [-0.4, -0.2) is 34.4 Å². The SMILES string of the molecule is C[C@@H]1OC(=O)C[C@H]2C[C@H]3c4[nH]c5ccccc5c4CCN3C(=O)[C@H]21. The minimum Gasteiger partial charge on any atom is -0.462 e. The molecule has 0 radical (unpaired) electrons. The van der Waals surface area contributed by atoms with Crippen LogP contribution in [0.1, 0.15) is 37.1 Å².